The summed E-state index contributed by atoms with van der Waals surface area (Å²) in [6.07, 6.45) is 2.28. The van der Waals surface area contributed by atoms with Gasteiger partial charge in [0.15, 0.2) is 5.75 Å². The van der Waals surface area contributed by atoms with Gasteiger partial charge in [-0.2, -0.15) is 5.10 Å². The summed E-state index contributed by atoms with van der Waals surface area (Å²) < 4.78 is 11.4. The molecule has 8 heteroatoms. The van der Waals surface area contributed by atoms with Gasteiger partial charge < -0.3 is 14.9 Å². The number of hydrogen-bond acceptors (Lipinski definition) is 7. The lowest BCUT2D eigenvalue weighted by Gasteiger charge is -2.45. The van der Waals surface area contributed by atoms with E-state index < -0.39 is 4.92 Å². The average molecular weight is 422 g/mol. The lowest BCUT2D eigenvalue weighted by Crippen LogP contribution is -2.56. The maximum atomic E-state index is 11.9. The third-order valence-corrected chi connectivity index (χ3v) is 6.59. The molecule has 0 aliphatic carbocycles. The highest BCUT2D eigenvalue weighted by molar-refractivity contribution is 5.95. The van der Waals surface area contributed by atoms with Crippen molar-refractivity contribution in [3.63, 3.8) is 0 Å². The predicted octanol–water partition coefficient (Wildman–Crippen LogP) is 3.59. The van der Waals surface area contributed by atoms with Gasteiger partial charge >= 0.3 is 5.69 Å². The lowest BCUT2D eigenvalue weighted by molar-refractivity contribution is -0.386. The monoisotopic (exact) mass is 422 g/mol. The van der Waals surface area contributed by atoms with Crippen LogP contribution in [0.25, 0.3) is 0 Å². The number of piperidine rings is 3. The number of nitrogens with one attached hydrogen (secondary N) is 1. The van der Waals surface area contributed by atoms with E-state index >= 15 is 0 Å². The molecule has 2 atom stereocenters. The average Bonchev–Trinajstić information content (AvgIpc) is 3.25. The summed E-state index contributed by atoms with van der Waals surface area (Å²) in [5, 5.41) is 16.6. The standard InChI is InChI=1S/C23H26N4O4/c1-14-4-3-5-15(10-14)13-31-23-18(27(28)29)11-17(12-19(23)30-2)21-22-20(24-25-21)16-6-8-26(22)9-7-16/h3-5,10-12,16,21-22,25H,6-9,13H2,1-2H3. The minimum absolute atomic E-state index is 0.0896. The van der Waals surface area contributed by atoms with Crippen LogP contribution >= 0.6 is 0 Å². The van der Waals surface area contributed by atoms with Gasteiger partial charge in [0.25, 0.3) is 0 Å². The number of nitro groups is 1. The van der Waals surface area contributed by atoms with E-state index in [1.807, 2.05) is 37.3 Å². The van der Waals surface area contributed by atoms with E-state index in [0.29, 0.717) is 11.7 Å². The summed E-state index contributed by atoms with van der Waals surface area (Å²) in [4.78, 5) is 14.0. The van der Waals surface area contributed by atoms with Crippen LogP contribution in [0.5, 0.6) is 11.5 Å². The zero-order valence-corrected chi connectivity index (χ0v) is 17.7. The van der Waals surface area contributed by atoms with Gasteiger partial charge in [0.1, 0.15) is 6.61 Å². The number of fused-ring (bicyclic) bond motifs is 2. The summed E-state index contributed by atoms with van der Waals surface area (Å²) in [6.45, 7) is 4.32. The Morgan fingerprint density at radius 2 is 2.06 bits per heavy atom. The highest BCUT2D eigenvalue weighted by Gasteiger charge is 2.47. The number of benzene rings is 2. The highest BCUT2D eigenvalue weighted by atomic mass is 16.6. The lowest BCUT2D eigenvalue weighted by atomic mass is 9.78. The van der Waals surface area contributed by atoms with E-state index in [-0.39, 0.29) is 30.1 Å². The summed E-state index contributed by atoms with van der Waals surface area (Å²) in [5.74, 6) is 1.03. The topological polar surface area (TPSA) is 89.2 Å². The van der Waals surface area contributed by atoms with Crippen molar-refractivity contribution in [1.82, 2.24) is 10.3 Å². The number of nitro benzene ring substituents is 1. The number of aryl methyl sites for hydroxylation is 1. The van der Waals surface area contributed by atoms with Crippen LogP contribution in [0.4, 0.5) is 5.69 Å². The van der Waals surface area contributed by atoms with Gasteiger partial charge in [0, 0.05) is 12.0 Å². The van der Waals surface area contributed by atoms with E-state index in [4.69, 9.17) is 9.47 Å². The van der Waals surface area contributed by atoms with Gasteiger partial charge in [-0.1, -0.05) is 29.8 Å². The van der Waals surface area contributed by atoms with Crippen LogP contribution in [-0.4, -0.2) is 41.8 Å². The van der Waals surface area contributed by atoms with Crippen molar-refractivity contribution in [2.75, 3.05) is 20.2 Å². The first-order valence-electron chi connectivity index (χ1n) is 10.7. The second-order valence-electron chi connectivity index (χ2n) is 8.50. The van der Waals surface area contributed by atoms with E-state index in [9.17, 15) is 10.1 Å². The van der Waals surface area contributed by atoms with Gasteiger partial charge in [-0.3, -0.25) is 15.0 Å². The zero-order valence-electron chi connectivity index (χ0n) is 17.7. The highest BCUT2D eigenvalue weighted by Crippen LogP contribution is 2.44. The van der Waals surface area contributed by atoms with E-state index in [0.717, 1.165) is 42.6 Å². The third-order valence-electron chi connectivity index (χ3n) is 6.59. The van der Waals surface area contributed by atoms with Crippen molar-refractivity contribution in [2.45, 2.75) is 38.5 Å². The molecule has 4 heterocycles. The van der Waals surface area contributed by atoms with E-state index in [2.05, 4.69) is 15.4 Å². The molecule has 162 valence electrons. The van der Waals surface area contributed by atoms with Crippen molar-refractivity contribution in [3.8, 4) is 11.5 Å². The Balaban J connectivity index is 1.46. The van der Waals surface area contributed by atoms with Gasteiger partial charge in [-0.25, -0.2) is 0 Å². The molecule has 4 aliphatic rings. The molecular formula is C23H26N4O4. The van der Waals surface area contributed by atoms with Crippen LogP contribution in [-0.2, 0) is 6.61 Å². The fourth-order valence-corrected chi connectivity index (χ4v) is 5.09. The van der Waals surface area contributed by atoms with Crippen molar-refractivity contribution >= 4 is 11.4 Å². The second-order valence-corrected chi connectivity index (χ2v) is 8.50. The fourth-order valence-electron chi connectivity index (χ4n) is 5.09. The number of hydrogen-bond donors (Lipinski definition) is 1. The van der Waals surface area contributed by atoms with Crippen LogP contribution in [0.15, 0.2) is 41.5 Å². The maximum absolute atomic E-state index is 11.9. The normalized spacial score (nSPS) is 26.1. The first-order valence-corrected chi connectivity index (χ1v) is 10.7. The molecule has 0 radical (unpaired) electrons. The molecule has 0 aromatic heterocycles. The van der Waals surface area contributed by atoms with Crippen LogP contribution < -0.4 is 14.9 Å². The van der Waals surface area contributed by atoms with E-state index in [1.54, 1.807) is 6.07 Å². The summed E-state index contributed by atoms with van der Waals surface area (Å²) >= 11 is 0. The molecule has 2 aromatic rings. The first kappa shape index (κ1) is 19.8. The van der Waals surface area contributed by atoms with Gasteiger partial charge in [0.05, 0.1) is 29.8 Å². The van der Waals surface area contributed by atoms with Crippen molar-refractivity contribution < 1.29 is 14.4 Å². The molecule has 6 rings (SSSR count). The Labute approximate surface area is 181 Å². The molecule has 3 fully saturated rings. The third kappa shape index (κ3) is 3.50. The Morgan fingerprint density at radius 3 is 2.77 bits per heavy atom. The second kappa shape index (κ2) is 7.85. The molecule has 3 saturated heterocycles. The largest absolute Gasteiger partial charge is 0.493 e. The molecule has 0 spiro atoms. The SMILES string of the molecule is COc1cc(C2NN=C3C4CCN(CC4)C32)cc([N+](=O)[O-])c1OCc1cccc(C)c1. The number of methoxy groups -OCH3 is 1. The van der Waals surface area contributed by atoms with Crippen LogP contribution in [0.3, 0.4) is 0 Å². The number of ether oxygens (including phenoxy) is 2. The molecule has 0 saturated carbocycles. The molecule has 2 unspecified atom stereocenters. The van der Waals surface area contributed by atoms with Gasteiger partial charge in [0.2, 0.25) is 5.75 Å². The summed E-state index contributed by atoms with van der Waals surface area (Å²) in [7, 11) is 1.51. The smallest absolute Gasteiger partial charge is 0.315 e. The summed E-state index contributed by atoms with van der Waals surface area (Å²) in [6, 6.07) is 11.4. The Morgan fingerprint density at radius 1 is 1.26 bits per heavy atom. The molecule has 2 bridgehead atoms. The van der Waals surface area contributed by atoms with Crippen molar-refractivity contribution in [3.05, 3.63) is 63.2 Å². The molecule has 4 aliphatic heterocycles. The molecule has 2 aromatic carbocycles. The first-order chi connectivity index (χ1) is 15.0. The molecule has 8 nitrogen and oxygen atoms in total. The van der Waals surface area contributed by atoms with Crippen LogP contribution in [0.1, 0.15) is 35.6 Å². The Bertz CT molecular complexity index is 1050. The van der Waals surface area contributed by atoms with Gasteiger partial charge in [-0.15, -0.1) is 0 Å². The molecule has 1 N–H and O–H groups in total. The maximum Gasteiger partial charge on any atom is 0.315 e. The zero-order chi connectivity index (χ0) is 21.5. The summed E-state index contributed by atoms with van der Waals surface area (Å²) in [5.41, 5.74) is 7.19. The fraction of sp³-hybridized carbons (Fsp3) is 0.435. The molecule has 0 amide bonds. The van der Waals surface area contributed by atoms with E-state index in [1.165, 1.54) is 12.8 Å². The minimum atomic E-state index is -0.401. The molecular weight excluding hydrogens is 396 g/mol. The quantitative estimate of drug-likeness (QED) is 0.565. The Kier molecular flexibility index (Phi) is 5.02. The van der Waals surface area contributed by atoms with Crippen LogP contribution in [0, 0.1) is 23.0 Å². The predicted molar refractivity (Wildman–Crippen MR) is 117 cm³/mol. The Hall–Kier alpha value is -3.13. The van der Waals surface area contributed by atoms with Crippen molar-refractivity contribution in [2.24, 2.45) is 11.0 Å². The number of nitrogens with zero attached hydrogens (tertiary/aromatic N) is 3. The minimum Gasteiger partial charge on any atom is -0.493 e. The van der Waals surface area contributed by atoms with Crippen molar-refractivity contribution in [1.29, 1.82) is 0 Å². The van der Waals surface area contributed by atoms with Crippen LogP contribution in [0.2, 0.25) is 0 Å². The number of hydrazone groups is 1. The molecule has 31 heavy (non-hydrogen) atoms. The number of rotatable bonds is 6. The van der Waals surface area contributed by atoms with Gasteiger partial charge in [-0.05, 0) is 50.0 Å².